The molecule has 1 aromatic carbocycles. The maximum atomic E-state index is 13.4. The number of hydrogen-bond acceptors (Lipinski definition) is 4. The summed E-state index contributed by atoms with van der Waals surface area (Å²) in [7, 11) is 1.64. The fraction of sp³-hybridized carbons (Fsp3) is 0.478. The van der Waals surface area contributed by atoms with Crippen molar-refractivity contribution in [3.63, 3.8) is 0 Å². The average molecular weight is 383 g/mol. The number of ether oxygens (including phenoxy) is 2. The van der Waals surface area contributed by atoms with Crippen molar-refractivity contribution in [2.45, 2.75) is 51.4 Å². The lowest BCUT2D eigenvalue weighted by atomic mass is 9.68. The van der Waals surface area contributed by atoms with Crippen molar-refractivity contribution in [2.24, 2.45) is 0 Å². The lowest BCUT2D eigenvalue weighted by Crippen LogP contribution is -2.42. The molecule has 0 aliphatic heterocycles. The van der Waals surface area contributed by atoms with Gasteiger partial charge < -0.3 is 14.8 Å². The summed E-state index contributed by atoms with van der Waals surface area (Å²) in [5.74, 6) is 0.633. The van der Waals surface area contributed by atoms with E-state index in [2.05, 4.69) is 35.4 Å². The number of methoxy groups -OCH3 is 1. The molecular weight excluding hydrogens is 352 g/mol. The van der Waals surface area contributed by atoms with Crippen LogP contribution in [-0.2, 0) is 14.9 Å². The Labute approximate surface area is 167 Å². The lowest BCUT2D eigenvalue weighted by Gasteiger charge is -2.36. The van der Waals surface area contributed by atoms with Gasteiger partial charge in [0.2, 0.25) is 11.8 Å². The maximum Gasteiger partial charge on any atom is 0.235 e. The number of nitrogens with zero attached hydrogens (tertiary/aromatic N) is 1. The topological polar surface area (TPSA) is 60.5 Å². The summed E-state index contributed by atoms with van der Waals surface area (Å²) in [6.07, 6.45) is 6.77. The Bertz CT molecular complexity index is 813. The van der Waals surface area contributed by atoms with Crippen molar-refractivity contribution in [3.8, 4) is 5.88 Å². The Hall–Kier alpha value is -2.40. The van der Waals surface area contributed by atoms with Crippen LogP contribution in [0.2, 0.25) is 0 Å². The molecule has 5 heteroatoms. The first-order valence-electron chi connectivity index (χ1n) is 10.0. The van der Waals surface area contributed by atoms with Crippen LogP contribution in [0.25, 0.3) is 0 Å². The molecule has 1 aromatic heterocycles. The van der Waals surface area contributed by atoms with E-state index in [0.29, 0.717) is 24.8 Å². The number of carbonyl (C=O) groups excluding carboxylic acids is 1. The molecule has 0 spiro atoms. The number of pyridine rings is 1. The third-order valence-electron chi connectivity index (χ3n) is 5.53. The van der Waals surface area contributed by atoms with E-state index in [0.717, 1.165) is 36.8 Å². The van der Waals surface area contributed by atoms with Crippen LogP contribution in [0.5, 0.6) is 5.88 Å². The molecule has 0 saturated heterocycles. The largest absolute Gasteiger partial charge is 0.475 e. The highest BCUT2D eigenvalue weighted by molar-refractivity contribution is 5.99. The van der Waals surface area contributed by atoms with Gasteiger partial charge in [-0.3, -0.25) is 4.79 Å². The molecule has 28 heavy (non-hydrogen) atoms. The van der Waals surface area contributed by atoms with Crippen molar-refractivity contribution >= 4 is 11.6 Å². The van der Waals surface area contributed by atoms with Gasteiger partial charge in [0.25, 0.3) is 0 Å². The Kier molecular flexibility index (Phi) is 6.68. The van der Waals surface area contributed by atoms with Gasteiger partial charge in [-0.2, -0.15) is 0 Å². The number of aromatic nitrogens is 1. The van der Waals surface area contributed by atoms with Crippen LogP contribution in [0, 0.1) is 13.8 Å². The van der Waals surface area contributed by atoms with Gasteiger partial charge in [-0.1, -0.05) is 49.1 Å². The third kappa shape index (κ3) is 4.53. The molecule has 0 unspecified atom stereocenters. The molecule has 0 bridgehead atoms. The highest BCUT2D eigenvalue weighted by atomic mass is 16.5. The van der Waals surface area contributed by atoms with Crippen LogP contribution in [0.4, 0.5) is 5.69 Å². The molecule has 1 N–H and O–H groups in total. The minimum Gasteiger partial charge on any atom is -0.475 e. The molecule has 5 nitrogen and oxygen atoms in total. The first kappa shape index (κ1) is 20.3. The number of anilines is 1. The van der Waals surface area contributed by atoms with Crippen LogP contribution >= 0.6 is 0 Å². The van der Waals surface area contributed by atoms with Gasteiger partial charge >= 0.3 is 0 Å². The van der Waals surface area contributed by atoms with E-state index in [1.165, 1.54) is 12.0 Å². The van der Waals surface area contributed by atoms with Crippen LogP contribution in [-0.4, -0.2) is 31.2 Å². The predicted molar refractivity (Wildman–Crippen MR) is 111 cm³/mol. The summed E-state index contributed by atoms with van der Waals surface area (Å²) in [6.45, 7) is 4.97. The van der Waals surface area contributed by atoms with Crippen LogP contribution in [0.15, 0.2) is 36.5 Å². The van der Waals surface area contributed by atoms with E-state index in [1.807, 2.05) is 19.1 Å². The lowest BCUT2D eigenvalue weighted by molar-refractivity contribution is -0.122. The Balaban J connectivity index is 1.80. The fourth-order valence-electron chi connectivity index (χ4n) is 4.00. The van der Waals surface area contributed by atoms with Gasteiger partial charge in [0.05, 0.1) is 23.9 Å². The number of amides is 1. The van der Waals surface area contributed by atoms with E-state index in [4.69, 9.17) is 9.47 Å². The minimum atomic E-state index is -0.466. The Morgan fingerprint density at radius 2 is 1.93 bits per heavy atom. The van der Waals surface area contributed by atoms with E-state index >= 15 is 0 Å². The normalized spacial score (nSPS) is 15.8. The average Bonchev–Trinajstić information content (AvgIpc) is 2.70. The maximum absolute atomic E-state index is 13.4. The van der Waals surface area contributed by atoms with Gasteiger partial charge in [-0.05, 0) is 38.3 Å². The minimum absolute atomic E-state index is 0.0621. The fourth-order valence-corrected chi connectivity index (χ4v) is 4.00. The summed E-state index contributed by atoms with van der Waals surface area (Å²) in [5, 5.41) is 3.12. The SMILES string of the molecule is COCCOc1ncc(NC(=O)C2(c3cccc(C)c3)CCCCC2)cc1C. The summed E-state index contributed by atoms with van der Waals surface area (Å²) < 4.78 is 10.6. The van der Waals surface area contributed by atoms with Gasteiger partial charge in [0.1, 0.15) is 6.61 Å². The molecule has 1 amide bonds. The molecule has 0 radical (unpaired) electrons. The van der Waals surface area contributed by atoms with Gasteiger partial charge in [0, 0.05) is 12.7 Å². The molecule has 1 saturated carbocycles. The van der Waals surface area contributed by atoms with Crippen molar-refractivity contribution in [3.05, 3.63) is 53.2 Å². The number of carbonyl (C=O) groups is 1. The first-order valence-corrected chi connectivity index (χ1v) is 10.0. The Morgan fingerprint density at radius 1 is 1.14 bits per heavy atom. The second-order valence-corrected chi connectivity index (χ2v) is 7.65. The molecule has 2 aromatic rings. The van der Waals surface area contributed by atoms with Gasteiger partial charge in [-0.15, -0.1) is 0 Å². The predicted octanol–water partition coefficient (Wildman–Crippen LogP) is 4.56. The zero-order valence-electron chi connectivity index (χ0n) is 17.1. The van der Waals surface area contributed by atoms with E-state index in [9.17, 15) is 4.79 Å². The highest BCUT2D eigenvalue weighted by Gasteiger charge is 2.41. The molecule has 150 valence electrons. The molecule has 1 fully saturated rings. The van der Waals surface area contributed by atoms with Crippen molar-refractivity contribution in [2.75, 3.05) is 25.6 Å². The number of rotatable bonds is 7. The number of nitrogens with one attached hydrogen (secondary N) is 1. The second-order valence-electron chi connectivity index (χ2n) is 7.65. The zero-order valence-corrected chi connectivity index (χ0v) is 17.1. The molecule has 3 rings (SSSR count). The van der Waals surface area contributed by atoms with Crippen LogP contribution in [0.3, 0.4) is 0 Å². The van der Waals surface area contributed by atoms with E-state index in [-0.39, 0.29) is 5.91 Å². The summed E-state index contributed by atoms with van der Waals surface area (Å²) in [4.78, 5) is 17.8. The molecule has 1 aliphatic carbocycles. The van der Waals surface area contributed by atoms with Gasteiger partial charge in [-0.25, -0.2) is 4.98 Å². The summed E-state index contributed by atoms with van der Waals surface area (Å²) in [5.41, 5.74) is 3.44. The smallest absolute Gasteiger partial charge is 0.235 e. The quantitative estimate of drug-likeness (QED) is 0.713. The first-order chi connectivity index (χ1) is 13.5. The third-order valence-corrected chi connectivity index (χ3v) is 5.53. The van der Waals surface area contributed by atoms with E-state index in [1.54, 1.807) is 13.3 Å². The second kappa shape index (κ2) is 9.20. The molecule has 1 heterocycles. The molecule has 0 atom stereocenters. The van der Waals surface area contributed by atoms with Crippen LogP contribution in [0.1, 0.15) is 48.8 Å². The van der Waals surface area contributed by atoms with Gasteiger partial charge in [0.15, 0.2) is 0 Å². The monoisotopic (exact) mass is 382 g/mol. The number of hydrogen-bond donors (Lipinski definition) is 1. The highest BCUT2D eigenvalue weighted by Crippen LogP contribution is 2.40. The standard InChI is InChI=1S/C23H30N2O3/c1-17-8-7-9-19(14-17)23(10-5-4-6-11-23)22(26)25-20-15-18(2)21(24-16-20)28-13-12-27-3/h7-9,14-16H,4-6,10-13H2,1-3H3,(H,25,26). The van der Waals surface area contributed by atoms with Crippen molar-refractivity contribution in [1.29, 1.82) is 0 Å². The molecule has 1 aliphatic rings. The molecular formula is C23H30N2O3. The zero-order chi connectivity index (χ0) is 20.0. The van der Waals surface area contributed by atoms with Crippen molar-refractivity contribution < 1.29 is 14.3 Å². The Morgan fingerprint density at radius 3 is 2.61 bits per heavy atom. The van der Waals surface area contributed by atoms with Crippen molar-refractivity contribution in [1.82, 2.24) is 4.98 Å². The number of benzene rings is 1. The summed E-state index contributed by atoms with van der Waals surface area (Å²) >= 11 is 0. The van der Waals surface area contributed by atoms with Crippen LogP contribution < -0.4 is 10.1 Å². The van der Waals surface area contributed by atoms with E-state index < -0.39 is 5.41 Å². The number of aryl methyl sites for hydroxylation is 2. The summed E-state index contributed by atoms with van der Waals surface area (Å²) in [6, 6.07) is 10.3.